The number of halogens is 1. The number of hydrogen-bond donors (Lipinski definition) is 2. The molecule has 1 aromatic heterocycles. The largest absolute Gasteiger partial charge is 0.481 e. The number of rotatable bonds is 2. The fourth-order valence-corrected chi connectivity index (χ4v) is 3.36. The fourth-order valence-electron chi connectivity index (χ4n) is 3.20. The van der Waals surface area contributed by atoms with Gasteiger partial charge >= 0.3 is 5.97 Å². The van der Waals surface area contributed by atoms with E-state index in [0.29, 0.717) is 17.1 Å². The summed E-state index contributed by atoms with van der Waals surface area (Å²) in [5.74, 6) is -1.36. The number of aliphatic carboxylic acids is 1. The third-order valence-electron chi connectivity index (χ3n) is 3.97. The van der Waals surface area contributed by atoms with Crippen molar-refractivity contribution in [3.05, 3.63) is 23.0 Å². The molecular formula is C12H13ClN2O3. The molecule has 0 saturated carbocycles. The Balaban J connectivity index is 1.85. The SMILES string of the molecule is O=C(O)C1CC2CCC1N2C(=O)c1cc(Cl)c[nH]1. The molecule has 2 fully saturated rings. The summed E-state index contributed by atoms with van der Waals surface area (Å²) in [6.07, 6.45) is 3.80. The lowest BCUT2D eigenvalue weighted by atomic mass is 9.89. The summed E-state index contributed by atoms with van der Waals surface area (Å²) in [5, 5.41) is 9.63. The van der Waals surface area contributed by atoms with Gasteiger partial charge < -0.3 is 15.0 Å². The van der Waals surface area contributed by atoms with Crippen molar-refractivity contribution in [1.82, 2.24) is 9.88 Å². The van der Waals surface area contributed by atoms with E-state index in [4.69, 9.17) is 16.7 Å². The molecule has 0 radical (unpaired) electrons. The van der Waals surface area contributed by atoms with Crippen LogP contribution in [0.15, 0.2) is 12.3 Å². The minimum Gasteiger partial charge on any atom is -0.481 e. The third kappa shape index (κ3) is 1.61. The van der Waals surface area contributed by atoms with E-state index < -0.39 is 11.9 Å². The van der Waals surface area contributed by atoms with Crippen LogP contribution in [0.2, 0.25) is 5.02 Å². The third-order valence-corrected chi connectivity index (χ3v) is 4.18. The molecule has 0 aliphatic carbocycles. The molecule has 2 aliphatic rings. The van der Waals surface area contributed by atoms with Gasteiger partial charge in [0.1, 0.15) is 5.69 Å². The predicted molar refractivity (Wildman–Crippen MR) is 64.5 cm³/mol. The van der Waals surface area contributed by atoms with E-state index in [1.807, 2.05) is 0 Å². The molecule has 0 aromatic carbocycles. The van der Waals surface area contributed by atoms with E-state index in [-0.39, 0.29) is 18.0 Å². The van der Waals surface area contributed by atoms with Crippen LogP contribution in [0.5, 0.6) is 0 Å². The highest BCUT2D eigenvalue weighted by molar-refractivity contribution is 6.30. The predicted octanol–water partition coefficient (Wildman–Crippen LogP) is 1.75. The zero-order valence-electron chi connectivity index (χ0n) is 9.60. The number of H-pyrrole nitrogens is 1. The minimum absolute atomic E-state index is 0.0608. The van der Waals surface area contributed by atoms with Crippen LogP contribution >= 0.6 is 11.6 Å². The number of fused-ring (bicyclic) bond motifs is 2. The van der Waals surface area contributed by atoms with Crippen molar-refractivity contribution in [2.45, 2.75) is 31.3 Å². The minimum atomic E-state index is -0.801. The Morgan fingerprint density at radius 1 is 1.44 bits per heavy atom. The second-order valence-corrected chi connectivity index (χ2v) is 5.36. The number of nitrogens with one attached hydrogen (secondary N) is 1. The highest BCUT2D eigenvalue weighted by atomic mass is 35.5. The Labute approximate surface area is 109 Å². The molecule has 3 atom stereocenters. The van der Waals surface area contributed by atoms with Gasteiger partial charge in [-0.25, -0.2) is 0 Å². The lowest BCUT2D eigenvalue weighted by Crippen LogP contribution is -2.38. The number of carboxylic acid groups (broad SMARTS) is 1. The quantitative estimate of drug-likeness (QED) is 0.858. The van der Waals surface area contributed by atoms with Crippen molar-refractivity contribution < 1.29 is 14.7 Å². The summed E-state index contributed by atoms with van der Waals surface area (Å²) < 4.78 is 0. The van der Waals surface area contributed by atoms with Crippen molar-refractivity contribution in [1.29, 1.82) is 0 Å². The summed E-state index contributed by atoms with van der Waals surface area (Å²) in [7, 11) is 0. The molecule has 18 heavy (non-hydrogen) atoms. The van der Waals surface area contributed by atoms with Crippen molar-refractivity contribution in [2.24, 2.45) is 5.92 Å². The first kappa shape index (κ1) is 11.6. The van der Waals surface area contributed by atoms with Gasteiger partial charge in [0.05, 0.1) is 10.9 Å². The van der Waals surface area contributed by atoms with Gasteiger partial charge in [-0.1, -0.05) is 11.6 Å². The number of carbonyl (C=O) groups excluding carboxylic acids is 1. The lowest BCUT2D eigenvalue weighted by molar-refractivity contribution is -0.142. The normalized spacial score (nSPS) is 29.8. The molecule has 2 N–H and O–H groups in total. The van der Waals surface area contributed by atoms with Crippen LogP contribution in [0.1, 0.15) is 29.8 Å². The maximum atomic E-state index is 12.3. The molecule has 0 spiro atoms. The molecule has 3 heterocycles. The molecule has 2 aliphatic heterocycles. The van der Waals surface area contributed by atoms with Gasteiger partial charge in [-0.3, -0.25) is 9.59 Å². The fraction of sp³-hybridized carbons (Fsp3) is 0.500. The zero-order valence-corrected chi connectivity index (χ0v) is 10.4. The summed E-state index contributed by atoms with van der Waals surface area (Å²) in [4.78, 5) is 28.0. The van der Waals surface area contributed by atoms with Crippen molar-refractivity contribution >= 4 is 23.5 Å². The highest BCUT2D eigenvalue weighted by Crippen LogP contribution is 2.42. The second kappa shape index (κ2) is 4.02. The summed E-state index contributed by atoms with van der Waals surface area (Å²) >= 11 is 5.78. The van der Waals surface area contributed by atoms with Crippen molar-refractivity contribution in [3.63, 3.8) is 0 Å². The maximum absolute atomic E-state index is 12.3. The molecule has 5 nitrogen and oxygen atoms in total. The van der Waals surface area contributed by atoms with Gasteiger partial charge in [-0.2, -0.15) is 0 Å². The molecule has 1 aromatic rings. The van der Waals surface area contributed by atoms with Gasteiger partial charge in [0.25, 0.3) is 5.91 Å². The van der Waals surface area contributed by atoms with E-state index in [1.165, 1.54) is 0 Å². The number of carbonyl (C=O) groups is 2. The van der Waals surface area contributed by atoms with Crippen LogP contribution in [0.25, 0.3) is 0 Å². The average Bonchev–Trinajstić information content (AvgIpc) is 3.01. The monoisotopic (exact) mass is 268 g/mol. The zero-order chi connectivity index (χ0) is 12.9. The molecule has 6 heteroatoms. The molecule has 3 rings (SSSR count). The summed E-state index contributed by atoms with van der Waals surface area (Å²) in [6, 6.07) is 1.48. The summed E-state index contributed by atoms with van der Waals surface area (Å²) in [6.45, 7) is 0. The van der Waals surface area contributed by atoms with Crippen LogP contribution in [-0.2, 0) is 4.79 Å². The van der Waals surface area contributed by atoms with Crippen molar-refractivity contribution in [2.75, 3.05) is 0 Å². The Kier molecular flexibility index (Phi) is 2.59. The topological polar surface area (TPSA) is 73.4 Å². The maximum Gasteiger partial charge on any atom is 0.308 e. The molecule has 96 valence electrons. The average molecular weight is 269 g/mol. The van der Waals surface area contributed by atoms with Gasteiger partial charge in [0, 0.05) is 18.3 Å². The standard InChI is InChI=1S/C12H13ClN2O3/c13-6-3-9(14-5-6)11(16)15-7-1-2-10(15)8(4-7)12(17)18/h3,5,7-8,10,14H,1-2,4H2,(H,17,18). The highest BCUT2D eigenvalue weighted by Gasteiger charge is 2.51. The van der Waals surface area contributed by atoms with E-state index in [2.05, 4.69) is 4.98 Å². The Morgan fingerprint density at radius 2 is 2.22 bits per heavy atom. The van der Waals surface area contributed by atoms with E-state index >= 15 is 0 Å². The van der Waals surface area contributed by atoms with Crippen LogP contribution in [0, 0.1) is 5.92 Å². The molecule has 1 amide bonds. The number of amides is 1. The van der Waals surface area contributed by atoms with Crippen LogP contribution < -0.4 is 0 Å². The molecule has 2 bridgehead atoms. The van der Waals surface area contributed by atoms with Crippen LogP contribution in [0.3, 0.4) is 0 Å². The number of aromatic amines is 1. The van der Waals surface area contributed by atoms with Gasteiger partial charge in [-0.15, -0.1) is 0 Å². The van der Waals surface area contributed by atoms with Gasteiger partial charge in [0.15, 0.2) is 0 Å². The van der Waals surface area contributed by atoms with Crippen LogP contribution in [0.4, 0.5) is 0 Å². The summed E-state index contributed by atoms with van der Waals surface area (Å²) in [5.41, 5.74) is 0.433. The Hall–Kier alpha value is -1.49. The smallest absolute Gasteiger partial charge is 0.308 e. The van der Waals surface area contributed by atoms with Crippen LogP contribution in [-0.4, -0.2) is 39.0 Å². The molecular weight excluding hydrogens is 256 g/mol. The molecule has 2 saturated heterocycles. The van der Waals surface area contributed by atoms with Gasteiger partial charge in [0.2, 0.25) is 0 Å². The number of nitrogens with zero attached hydrogens (tertiary/aromatic N) is 1. The Bertz CT molecular complexity index is 513. The van der Waals surface area contributed by atoms with Crippen molar-refractivity contribution in [3.8, 4) is 0 Å². The van der Waals surface area contributed by atoms with E-state index in [1.54, 1.807) is 17.2 Å². The lowest BCUT2D eigenvalue weighted by Gasteiger charge is -2.22. The van der Waals surface area contributed by atoms with Gasteiger partial charge in [-0.05, 0) is 25.3 Å². The second-order valence-electron chi connectivity index (χ2n) is 4.92. The molecule has 3 unspecified atom stereocenters. The number of hydrogen-bond acceptors (Lipinski definition) is 2. The first-order chi connectivity index (χ1) is 8.58. The first-order valence-corrected chi connectivity index (χ1v) is 6.35. The number of aromatic nitrogens is 1. The first-order valence-electron chi connectivity index (χ1n) is 5.97. The van der Waals surface area contributed by atoms with E-state index in [0.717, 1.165) is 12.8 Å². The number of carboxylic acids is 1. The Morgan fingerprint density at radius 3 is 2.78 bits per heavy atom. The van der Waals surface area contributed by atoms with E-state index in [9.17, 15) is 9.59 Å².